The Morgan fingerprint density at radius 3 is 3.10 bits per heavy atom. The van der Waals surface area contributed by atoms with Crippen LogP contribution in [0.5, 0.6) is 0 Å². The molecule has 2 N–H and O–H groups in total. The first-order valence-corrected chi connectivity index (χ1v) is 11.5. The van der Waals surface area contributed by atoms with Gasteiger partial charge >= 0.3 is 0 Å². The van der Waals surface area contributed by atoms with Crippen molar-refractivity contribution in [2.24, 2.45) is 0 Å². The zero-order valence-corrected chi connectivity index (χ0v) is 18.9. The van der Waals surface area contributed by atoms with Crippen LogP contribution in [0.1, 0.15) is 54.1 Å². The molecule has 0 radical (unpaired) electrons. The molecule has 166 valence electrons. The van der Waals surface area contributed by atoms with Crippen LogP contribution >= 0.6 is 11.3 Å². The summed E-state index contributed by atoms with van der Waals surface area (Å²) in [5, 5.41) is 17.4. The van der Waals surface area contributed by atoms with E-state index >= 15 is 0 Å². The van der Waals surface area contributed by atoms with Crippen molar-refractivity contribution >= 4 is 28.2 Å². The van der Waals surface area contributed by atoms with Gasteiger partial charge in [-0.05, 0) is 39.7 Å². The van der Waals surface area contributed by atoms with Crippen LogP contribution in [0.25, 0.3) is 0 Å². The molecule has 0 aliphatic carbocycles. The molecule has 3 heterocycles. The van der Waals surface area contributed by atoms with E-state index < -0.39 is 0 Å². The molecule has 0 aromatic carbocycles. The van der Waals surface area contributed by atoms with Gasteiger partial charge in [0.05, 0.1) is 18.3 Å². The maximum atomic E-state index is 12.3. The predicted octanol–water partition coefficient (Wildman–Crippen LogP) is 2.84. The SMILES string of the molecule is CCOCCCNC(=O)c1csc(Nc2cc([C@H]3CCCN(CC#N)C3)nc(C)n2)n1. The number of hydrogen-bond acceptors (Lipinski definition) is 9. The Hall–Kier alpha value is -2.61. The third kappa shape index (κ3) is 6.95. The van der Waals surface area contributed by atoms with Gasteiger partial charge in [-0.2, -0.15) is 5.26 Å². The molecular weight excluding hydrogens is 414 g/mol. The fraction of sp³-hybridized carbons (Fsp3) is 0.571. The van der Waals surface area contributed by atoms with Gasteiger partial charge in [-0.1, -0.05) is 0 Å². The number of nitrogens with zero attached hydrogens (tertiary/aromatic N) is 5. The molecule has 1 aliphatic rings. The lowest BCUT2D eigenvalue weighted by Crippen LogP contribution is -2.35. The number of likely N-dealkylation sites (tertiary alicyclic amines) is 1. The van der Waals surface area contributed by atoms with Crippen molar-refractivity contribution < 1.29 is 9.53 Å². The van der Waals surface area contributed by atoms with Crippen molar-refractivity contribution in [2.45, 2.75) is 39.0 Å². The molecule has 0 spiro atoms. The van der Waals surface area contributed by atoms with Gasteiger partial charge in [0.15, 0.2) is 5.13 Å². The smallest absolute Gasteiger partial charge is 0.270 e. The van der Waals surface area contributed by atoms with E-state index in [0.717, 1.165) is 38.0 Å². The molecule has 1 fully saturated rings. The molecule has 0 saturated carbocycles. The van der Waals surface area contributed by atoms with Gasteiger partial charge in [0.2, 0.25) is 0 Å². The second kappa shape index (κ2) is 11.7. The Bertz CT molecular complexity index is 911. The molecule has 9 nitrogen and oxygen atoms in total. The molecular formula is C21H29N7O2S. The lowest BCUT2D eigenvalue weighted by Gasteiger charge is -2.30. The minimum absolute atomic E-state index is 0.194. The van der Waals surface area contributed by atoms with Gasteiger partial charge in [-0.15, -0.1) is 11.3 Å². The number of rotatable bonds is 10. The molecule has 2 aromatic rings. The molecule has 31 heavy (non-hydrogen) atoms. The standard InChI is InChI=1S/C21H29N7O2S/c1-3-30-11-5-8-23-20(29)18-14-31-21(26-18)27-19-12-17(24-15(2)25-19)16-6-4-9-28(13-16)10-7-22/h12,14,16H,3-6,8-11,13H2,1-2H3,(H,23,29)(H,24,25,26,27)/t16-/m0/s1. The fourth-order valence-corrected chi connectivity index (χ4v) is 4.26. The number of thiazole rings is 1. The Morgan fingerprint density at radius 1 is 1.42 bits per heavy atom. The summed E-state index contributed by atoms with van der Waals surface area (Å²) in [7, 11) is 0. The van der Waals surface area contributed by atoms with Gasteiger partial charge in [0.25, 0.3) is 5.91 Å². The van der Waals surface area contributed by atoms with E-state index in [4.69, 9.17) is 10.00 Å². The highest BCUT2D eigenvalue weighted by atomic mass is 32.1. The minimum Gasteiger partial charge on any atom is -0.382 e. The first kappa shape index (κ1) is 23.1. The summed E-state index contributed by atoms with van der Waals surface area (Å²) >= 11 is 1.36. The zero-order chi connectivity index (χ0) is 22.1. The van der Waals surface area contributed by atoms with Crippen LogP contribution in [0, 0.1) is 18.3 Å². The Labute approximate surface area is 186 Å². The molecule has 10 heteroatoms. The average Bonchev–Trinajstić information content (AvgIpc) is 3.22. The van der Waals surface area contributed by atoms with Crippen LogP contribution in [0.4, 0.5) is 10.9 Å². The Morgan fingerprint density at radius 2 is 2.29 bits per heavy atom. The van der Waals surface area contributed by atoms with Crippen LogP contribution in [0.3, 0.4) is 0 Å². The predicted molar refractivity (Wildman–Crippen MR) is 120 cm³/mol. The van der Waals surface area contributed by atoms with E-state index in [1.807, 2.05) is 19.9 Å². The number of aryl methyl sites for hydroxylation is 1. The quantitative estimate of drug-likeness (QED) is 0.425. The monoisotopic (exact) mass is 443 g/mol. The van der Waals surface area contributed by atoms with E-state index in [0.29, 0.717) is 48.8 Å². The van der Waals surface area contributed by atoms with Crippen LogP contribution in [-0.4, -0.2) is 65.2 Å². The maximum absolute atomic E-state index is 12.3. The highest BCUT2D eigenvalue weighted by Crippen LogP contribution is 2.28. The second-order valence-corrected chi connectivity index (χ2v) is 8.29. The van der Waals surface area contributed by atoms with Gasteiger partial charge in [-0.25, -0.2) is 15.0 Å². The number of hydrogen-bond donors (Lipinski definition) is 2. The maximum Gasteiger partial charge on any atom is 0.270 e. The van der Waals surface area contributed by atoms with Crippen molar-refractivity contribution in [1.82, 2.24) is 25.2 Å². The molecule has 1 amide bonds. The number of nitrogens with one attached hydrogen (secondary N) is 2. The van der Waals surface area contributed by atoms with Crippen molar-refractivity contribution in [1.29, 1.82) is 5.26 Å². The zero-order valence-electron chi connectivity index (χ0n) is 18.1. The van der Waals surface area contributed by atoms with Crippen molar-refractivity contribution in [3.05, 3.63) is 28.7 Å². The van der Waals surface area contributed by atoms with E-state index in [2.05, 4.69) is 36.6 Å². The van der Waals surface area contributed by atoms with Gasteiger partial charge < -0.3 is 15.4 Å². The third-order valence-electron chi connectivity index (χ3n) is 5.00. The number of aromatic nitrogens is 3. The number of amides is 1. The number of ether oxygens (including phenoxy) is 1. The third-order valence-corrected chi connectivity index (χ3v) is 5.76. The van der Waals surface area contributed by atoms with Crippen LogP contribution in [0.15, 0.2) is 11.4 Å². The van der Waals surface area contributed by atoms with Crippen LogP contribution in [-0.2, 0) is 4.74 Å². The van der Waals surface area contributed by atoms with E-state index in [1.54, 1.807) is 5.38 Å². The second-order valence-electron chi connectivity index (χ2n) is 7.43. The summed E-state index contributed by atoms with van der Waals surface area (Å²) in [5.74, 6) is 1.43. The summed E-state index contributed by atoms with van der Waals surface area (Å²) in [6.07, 6.45) is 2.86. The number of carbonyl (C=O) groups is 1. The average molecular weight is 444 g/mol. The van der Waals surface area contributed by atoms with Crippen LogP contribution in [0.2, 0.25) is 0 Å². The van der Waals surface area contributed by atoms with Gasteiger partial charge in [0.1, 0.15) is 17.3 Å². The first-order chi connectivity index (χ1) is 15.1. The van der Waals surface area contributed by atoms with Crippen LogP contribution < -0.4 is 10.6 Å². The van der Waals surface area contributed by atoms with Gasteiger partial charge in [0, 0.05) is 43.7 Å². The van der Waals surface area contributed by atoms with E-state index in [9.17, 15) is 4.79 Å². The van der Waals surface area contributed by atoms with E-state index in [1.165, 1.54) is 11.3 Å². The van der Waals surface area contributed by atoms with Gasteiger partial charge in [-0.3, -0.25) is 9.69 Å². The number of anilines is 2. The molecule has 1 aliphatic heterocycles. The normalized spacial score (nSPS) is 16.6. The summed E-state index contributed by atoms with van der Waals surface area (Å²) in [4.78, 5) is 27.9. The van der Waals surface area contributed by atoms with Crippen molar-refractivity contribution in [3.8, 4) is 6.07 Å². The van der Waals surface area contributed by atoms with Crippen molar-refractivity contribution in [3.63, 3.8) is 0 Å². The lowest BCUT2D eigenvalue weighted by molar-refractivity contribution is 0.0940. The molecule has 1 atom stereocenters. The number of nitriles is 1. The molecule has 3 rings (SSSR count). The molecule has 2 aromatic heterocycles. The summed E-state index contributed by atoms with van der Waals surface area (Å²) in [6.45, 7) is 7.91. The summed E-state index contributed by atoms with van der Waals surface area (Å²) in [6, 6.07) is 4.18. The van der Waals surface area contributed by atoms with Crippen molar-refractivity contribution in [2.75, 3.05) is 44.7 Å². The number of piperidine rings is 1. The first-order valence-electron chi connectivity index (χ1n) is 10.6. The largest absolute Gasteiger partial charge is 0.382 e. The Kier molecular flexibility index (Phi) is 8.70. The number of carbonyl (C=O) groups excluding carboxylic acids is 1. The molecule has 0 bridgehead atoms. The summed E-state index contributed by atoms with van der Waals surface area (Å²) < 4.78 is 5.27. The lowest BCUT2D eigenvalue weighted by atomic mass is 9.94. The highest BCUT2D eigenvalue weighted by molar-refractivity contribution is 7.14. The molecule has 0 unspecified atom stereocenters. The fourth-order valence-electron chi connectivity index (χ4n) is 3.56. The summed E-state index contributed by atoms with van der Waals surface area (Å²) in [5.41, 5.74) is 1.36. The minimum atomic E-state index is -0.194. The van der Waals surface area contributed by atoms with E-state index in [-0.39, 0.29) is 11.8 Å². The topological polar surface area (TPSA) is 116 Å². The molecule has 1 saturated heterocycles. The Balaban J connectivity index is 1.60. The highest BCUT2D eigenvalue weighted by Gasteiger charge is 2.23.